The standard InChI is InChI=1S/C17H20N4O3/c1-24-11-9-18-17(23)14-4-2-13(3-5-14)12-20-15-6-8-19-21(15)10-7-16(20)22/h2-6,8H,7,9-12H2,1H3,(H,18,23). The average Bonchev–Trinajstić information content (AvgIpc) is 3.07. The van der Waals surface area contributed by atoms with Crippen molar-refractivity contribution in [1.29, 1.82) is 0 Å². The van der Waals surface area contributed by atoms with Gasteiger partial charge in [0.1, 0.15) is 5.82 Å². The Labute approximate surface area is 140 Å². The lowest BCUT2D eigenvalue weighted by Crippen LogP contribution is -2.36. The molecular weight excluding hydrogens is 308 g/mol. The number of carbonyl (C=O) groups excluding carboxylic acids is 2. The molecule has 2 amide bonds. The Balaban J connectivity index is 1.67. The van der Waals surface area contributed by atoms with Gasteiger partial charge in [-0.1, -0.05) is 12.1 Å². The lowest BCUT2D eigenvalue weighted by molar-refractivity contribution is -0.119. The summed E-state index contributed by atoms with van der Waals surface area (Å²) in [5.74, 6) is 0.766. The lowest BCUT2D eigenvalue weighted by Gasteiger charge is -2.27. The van der Waals surface area contributed by atoms with Crippen molar-refractivity contribution in [2.45, 2.75) is 19.5 Å². The summed E-state index contributed by atoms with van der Waals surface area (Å²) in [5, 5.41) is 6.99. The number of nitrogens with one attached hydrogen (secondary N) is 1. The van der Waals surface area contributed by atoms with E-state index in [1.807, 2.05) is 22.9 Å². The summed E-state index contributed by atoms with van der Waals surface area (Å²) in [7, 11) is 1.59. The fraction of sp³-hybridized carbons (Fsp3) is 0.353. The molecule has 7 nitrogen and oxygen atoms in total. The zero-order valence-corrected chi connectivity index (χ0v) is 13.6. The topological polar surface area (TPSA) is 76.5 Å². The number of ether oxygens (including phenoxy) is 1. The van der Waals surface area contributed by atoms with Crippen LogP contribution in [0.2, 0.25) is 0 Å². The third-order valence-corrected chi connectivity index (χ3v) is 3.96. The molecule has 7 heteroatoms. The molecule has 1 aromatic carbocycles. The first-order valence-electron chi connectivity index (χ1n) is 7.87. The molecule has 0 spiro atoms. The maximum atomic E-state index is 12.2. The van der Waals surface area contributed by atoms with E-state index < -0.39 is 0 Å². The maximum Gasteiger partial charge on any atom is 0.251 e. The van der Waals surface area contributed by atoms with Crippen LogP contribution in [0, 0.1) is 0 Å². The van der Waals surface area contributed by atoms with Crippen LogP contribution < -0.4 is 10.2 Å². The van der Waals surface area contributed by atoms with Gasteiger partial charge in [0.25, 0.3) is 5.91 Å². The number of hydrogen-bond acceptors (Lipinski definition) is 4. The molecule has 126 valence electrons. The molecule has 24 heavy (non-hydrogen) atoms. The lowest BCUT2D eigenvalue weighted by atomic mass is 10.1. The highest BCUT2D eigenvalue weighted by molar-refractivity contribution is 5.95. The minimum absolute atomic E-state index is 0.0874. The van der Waals surface area contributed by atoms with E-state index in [2.05, 4.69) is 10.4 Å². The van der Waals surface area contributed by atoms with Crippen molar-refractivity contribution in [1.82, 2.24) is 15.1 Å². The molecule has 0 atom stereocenters. The molecule has 2 heterocycles. The Morgan fingerprint density at radius 2 is 2.08 bits per heavy atom. The zero-order chi connectivity index (χ0) is 16.9. The number of anilines is 1. The van der Waals surface area contributed by atoms with Crippen molar-refractivity contribution in [2.75, 3.05) is 25.2 Å². The Bertz CT molecular complexity index is 724. The van der Waals surface area contributed by atoms with Crippen LogP contribution in [-0.4, -0.2) is 41.9 Å². The van der Waals surface area contributed by atoms with E-state index in [1.165, 1.54) is 0 Å². The van der Waals surface area contributed by atoms with Gasteiger partial charge in [-0.15, -0.1) is 0 Å². The summed E-state index contributed by atoms with van der Waals surface area (Å²) in [6.07, 6.45) is 2.16. The Morgan fingerprint density at radius 1 is 1.29 bits per heavy atom. The Hall–Kier alpha value is -2.67. The number of methoxy groups -OCH3 is 1. The minimum atomic E-state index is -0.134. The van der Waals surface area contributed by atoms with E-state index in [9.17, 15) is 9.59 Å². The summed E-state index contributed by atoms with van der Waals surface area (Å²) in [6, 6.07) is 9.11. The zero-order valence-electron chi connectivity index (χ0n) is 13.6. The highest BCUT2D eigenvalue weighted by Crippen LogP contribution is 2.22. The Morgan fingerprint density at radius 3 is 2.83 bits per heavy atom. The summed E-state index contributed by atoms with van der Waals surface area (Å²) in [4.78, 5) is 25.9. The first-order valence-corrected chi connectivity index (χ1v) is 7.87. The number of rotatable bonds is 6. The van der Waals surface area contributed by atoms with Crippen molar-refractivity contribution in [3.8, 4) is 0 Å². The van der Waals surface area contributed by atoms with Gasteiger partial charge in [0.05, 0.1) is 25.9 Å². The fourth-order valence-corrected chi connectivity index (χ4v) is 2.67. The summed E-state index contributed by atoms with van der Waals surface area (Å²) in [5.41, 5.74) is 1.55. The largest absolute Gasteiger partial charge is 0.383 e. The normalized spacial score (nSPS) is 13.7. The van der Waals surface area contributed by atoms with E-state index in [0.717, 1.165) is 11.4 Å². The third kappa shape index (κ3) is 3.46. The van der Waals surface area contributed by atoms with Crippen molar-refractivity contribution < 1.29 is 14.3 Å². The molecule has 0 radical (unpaired) electrons. The van der Waals surface area contributed by atoms with Crippen LogP contribution in [0.1, 0.15) is 22.3 Å². The van der Waals surface area contributed by atoms with Gasteiger partial charge in [0, 0.05) is 31.7 Å². The van der Waals surface area contributed by atoms with Gasteiger partial charge in [0.15, 0.2) is 0 Å². The van der Waals surface area contributed by atoms with Gasteiger partial charge in [-0.3, -0.25) is 14.5 Å². The minimum Gasteiger partial charge on any atom is -0.383 e. The number of benzene rings is 1. The van der Waals surface area contributed by atoms with E-state index in [4.69, 9.17) is 4.74 Å². The van der Waals surface area contributed by atoms with E-state index in [-0.39, 0.29) is 11.8 Å². The van der Waals surface area contributed by atoms with Crippen LogP contribution >= 0.6 is 0 Å². The summed E-state index contributed by atoms with van der Waals surface area (Å²) >= 11 is 0. The third-order valence-electron chi connectivity index (χ3n) is 3.96. The molecule has 0 fully saturated rings. The second kappa shape index (κ2) is 7.27. The van der Waals surface area contributed by atoms with Gasteiger partial charge in [-0.2, -0.15) is 5.10 Å². The summed E-state index contributed by atoms with van der Waals surface area (Å²) < 4.78 is 6.74. The quantitative estimate of drug-likeness (QED) is 0.808. The van der Waals surface area contributed by atoms with E-state index in [1.54, 1.807) is 30.3 Å². The van der Waals surface area contributed by atoms with Gasteiger partial charge in [-0.05, 0) is 17.7 Å². The van der Waals surface area contributed by atoms with Crippen LogP contribution in [0.3, 0.4) is 0 Å². The number of nitrogens with zero attached hydrogens (tertiary/aromatic N) is 3. The highest BCUT2D eigenvalue weighted by atomic mass is 16.5. The van der Waals surface area contributed by atoms with Gasteiger partial charge < -0.3 is 10.1 Å². The second-order valence-corrected chi connectivity index (χ2v) is 5.59. The number of aromatic nitrogens is 2. The Kier molecular flexibility index (Phi) is 4.90. The molecule has 0 aliphatic carbocycles. The predicted octanol–water partition coefficient (Wildman–Crippen LogP) is 1.20. The SMILES string of the molecule is COCCNC(=O)c1ccc(CN2C(=O)CCn3nccc32)cc1. The molecule has 0 bridgehead atoms. The molecular formula is C17H20N4O3. The maximum absolute atomic E-state index is 12.2. The van der Waals surface area contributed by atoms with E-state index >= 15 is 0 Å². The van der Waals surface area contributed by atoms with Crippen molar-refractivity contribution >= 4 is 17.6 Å². The van der Waals surface area contributed by atoms with Crippen LogP contribution in [0.5, 0.6) is 0 Å². The van der Waals surface area contributed by atoms with Gasteiger partial charge in [-0.25, -0.2) is 4.68 Å². The number of carbonyl (C=O) groups is 2. The predicted molar refractivity (Wildman–Crippen MR) is 88.7 cm³/mol. The first-order chi connectivity index (χ1) is 11.7. The van der Waals surface area contributed by atoms with Crippen LogP contribution in [0.15, 0.2) is 36.5 Å². The number of amides is 2. The molecule has 0 saturated heterocycles. The van der Waals surface area contributed by atoms with Gasteiger partial charge in [0.2, 0.25) is 5.91 Å². The fourth-order valence-electron chi connectivity index (χ4n) is 2.67. The molecule has 1 aromatic heterocycles. The van der Waals surface area contributed by atoms with Crippen molar-refractivity contribution in [3.63, 3.8) is 0 Å². The molecule has 3 rings (SSSR count). The number of fused-ring (bicyclic) bond motifs is 1. The summed E-state index contributed by atoms with van der Waals surface area (Å²) in [6.45, 7) is 2.05. The number of aryl methyl sites for hydroxylation is 1. The average molecular weight is 328 g/mol. The molecule has 1 aliphatic rings. The molecule has 2 aromatic rings. The molecule has 0 unspecified atom stereocenters. The monoisotopic (exact) mass is 328 g/mol. The van der Waals surface area contributed by atoms with Crippen LogP contribution in [0.25, 0.3) is 0 Å². The van der Waals surface area contributed by atoms with Gasteiger partial charge >= 0.3 is 0 Å². The van der Waals surface area contributed by atoms with Crippen LogP contribution in [0.4, 0.5) is 5.82 Å². The van der Waals surface area contributed by atoms with Crippen molar-refractivity contribution in [2.24, 2.45) is 0 Å². The highest BCUT2D eigenvalue weighted by Gasteiger charge is 2.24. The first kappa shape index (κ1) is 16.2. The molecule has 0 saturated carbocycles. The number of hydrogen-bond donors (Lipinski definition) is 1. The van der Waals surface area contributed by atoms with E-state index in [0.29, 0.717) is 38.2 Å². The van der Waals surface area contributed by atoms with Crippen molar-refractivity contribution in [3.05, 3.63) is 47.7 Å². The van der Waals surface area contributed by atoms with Crippen LogP contribution in [-0.2, 0) is 22.6 Å². The molecule has 1 N–H and O–H groups in total. The smallest absolute Gasteiger partial charge is 0.251 e. The molecule has 1 aliphatic heterocycles. The second-order valence-electron chi connectivity index (χ2n) is 5.59.